The van der Waals surface area contributed by atoms with Crippen LogP contribution in [0.15, 0.2) is 40.9 Å². The van der Waals surface area contributed by atoms with Gasteiger partial charge in [-0.2, -0.15) is 0 Å². The maximum absolute atomic E-state index is 15.2. The molecule has 0 aliphatic carbocycles. The maximum Gasteiger partial charge on any atom is 0.159 e. The summed E-state index contributed by atoms with van der Waals surface area (Å²) in [5, 5.41) is 0. The van der Waals surface area contributed by atoms with Crippen molar-refractivity contribution in [2.75, 3.05) is 38.8 Å². The van der Waals surface area contributed by atoms with E-state index in [9.17, 15) is 0 Å². The highest BCUT2D eigenvalue weighted by molar-refractivity contribution is 9.11. The lowest BCUT2D eigenvalue weighted by molar-refractivity contribution is -0.141. The molecular formula is C24H27BrFNO3. The molecule has 4 rings (SSSR count). The third kappa shape index (κ3) is 4.13. The average molecular weight is 476 g/mol. The predicted molar refractivity (Wildman–Crippen MR) is 121 cm³/mol. The van der Waals surface area contributed by atoms with Gasteiger partial charge in [-0.25, -0.2) is 4.39 Å². The first-order chi connectivity index (χ1) is 14.5. The second kappa shape index (κ2) is 9.08. The van der Waals surface area contributed by atoms with Crippen molar-refractivity contribution >= 4 is 27.2 Å². The summed E-state index contributed by atoms with van der Waals surface area (Å²) in [7, 11) is 3.34. The van der Waals surface area contributed by atoms with Crippen LogP contribution in [0.25, 0.3) is 5.57 Å². The van der Waals surface area contributed by atoms with E-state index in [0.29, 0.717) is 18.2 Å². The number of anilines is 1. The zero-order chi connectivity index (χ0) is 21.3. The molecule has 0 radical (unpaired) electrons. The second-order valence-electron chi connectivity index (χ2n) is 7.90. The summed E-state index contributed by atoms with van der Waals surface area (Å²) in [6.45, 7) is 4.05. The number of hydrogen-bond donors (Lipinski definition) is 0. The van der Waals surface area contributed by atoms with E-state index in [1.165, 1.54) is 0 Å². The van der Waals surface area contributed by atoms with Gasteiger partial charge in [0, 0.05) is 48.8 Å². The quantitative estimate of drug-likeness (QED) is 0.533. The Balaban J connectivity index is 1.56. The molecule has 0 bridgehead atoms. The van der Waals surface area contributed by atoms with Crippen LogP contribution in [0.4, 0.5) is 10.1 Å². The van der Waals surface area contributed by atoms with Gasteiger partial charge in [0.2, 0.25) is 0 Å². The maximum atomic E-state index is 15.2. The molecule has 160 valence electrons. The van der Waals surface area contributed by atoms with Crippen molar-refractivity contribution < 1.29 is 18.6 Å². The van der Waals surface area contributed by atoms with E-state index in [2.05, 4.69) is 26.9 Å². The third-order valence-electron chi connectivity index (χ3n) is 6.00. The van der Waals surface area contributed by atoms with E-state index in [1.807, 2.05) is 31.2 Å². The second-order valence-corrected chi connectivity index (χ2v) is 8.86. The van der Waals surface area contributed by atoms with E-state index in [1.54, 1.807) is 20.3 Å². The Hall–Kier alpha value is -1.89. The first-order valence-corrected chi connectivity index (χ1v) is 11.0. The molecule has 2 aliphatic heterocycles. The minimum atomic E-state index is -0.200. The zero-order valence-corrected chi connectivity index (χ0v) is 19.2. The summed E-state index contributed by atoms with van der Waals surface area (Å²) in [5.74, 6) is 0.974. The van der Waals surface area contributed by atoms with E-state index < -0.39 is 0 Å². The molecule has 4 nitrogen and oxygen atoms in total. The lowest BCUT2D eigenvalue weighted by Gasteiger charge is -2.36. The molecule has 30 heavy (non-hydrogen) atoms. The molecule has 1 fully saturated rings. The number of nitrogens with zero attached hydrogens (tertiary/aromatic N) is 1. The van der Waals surface area contributed by atoms with Gasteiger partial charge in [-0.15, -0.1) is 0 Å². The standard InChI is InChI=1S/C24H27BrFNO3/c1-15-4-6-18-22(12-15)30-14-19(25)23(18)17-5-7-21(20(26)13-17)27-10-8-16(9-11-27)24(28-2)29-3/h4-7,12-13,16,24H,8-11,14H2,1-3H3. The number of methoxy groups -OCH3 is 2. The van der Waals surface area contributed by atoms with Crippen LogP contribution in [0, 0.1) is 18.7 Å². The Morgan fingerprint density at radius 1 is 1.10 bits per heavy atom. The Kier molecular flexibility index (Phi) is 6.46. The number of ether oxygens (including phenoxy) is 3. The summed E-state index contributed by atoms with van der Waals surface area (Å²) in [6.07, 6.45) is 1.63. The van der Waals surface area contributed by atoms with Crippen LogP contribution in [0.5, 0.6) is 5.75 Å². The van der Waals surface area contributed by atoms with Crippen molar-refractivity contribution in [3.63, 3.8) is 0 Å². The summed E-state index contributed by atoms with van der Waals surface area (Å²) in [6, 6.07) is 11.7. The van der Waals surface area contributed by atoms with Crippen molar-refractivity contribution in [2.24, 2.45) is 5.92 Å². The SMILES string of the molecule is COC(OC)C1CCN(c2ccc(C3=C(Br)COc4cc(C)ccc43)cc2F)CC1. The van der Waals surface area contributed by atoms with E-state index in [0.717, 1.165) is 58.4 Å². The molecule has 6 heteroatoms. The monoisotopic (exact) mass is 475 g/mol. The normalized spacial score (nSPS) is 17.3. The lowest BCUT2D eigenvalue weighted by Crippen LogP contribution is -2.39. The van der Waals surface area contributed by atoms with Crippen LogP contribution < -0.4 is 9.64 Å². The molecule has 0 atom stereocenters. The molecule has 2 aromatic rings. The van der Waals surface area contributed by atoms with Crippen molar-refractivity contribution in [3.8, 4) is 5.75 Å². The Labute approximate surface area is 185 Å². The summed E-state index contributed by atoms with van der Waals surface area (Å²) >= 11 is 3.63. The van der Waals surface area contributed by atoms with E-state index in [4.69, 9.17) is 14.2 Å². The number of piperidine rings is 1. The number of halogens is 2. The minimum Gasteiger partial charge on any atom is -0.488 e. The lowest BCUT2D eigenvalue weighted by atomic mass is 9.93. The van der Waals surface area contributed by atoms with Crippen LogP contribution in [0.2, 0.25) is 0 Å². The van der Waals surface area contributed by atoms with Gasteiger partial charge in [0.15, 0.2) is 6.29 Å². The number of aryl methyl sites for hydroxylation is 1. The highest BCUT2D eigenvalue weighted by Gasteiger charge is 2.28. The van der Waals surface area contributed by atoms with Gasteiger partial charge in [-0.3, -0.25) is 0 Å². The van der Waals surface area contributed by atoms with Crippen molar-refractivity contribution in [3.05, 3.63) is 63.4 Å². The van der Waals surface area contributed by atoms with Crippen LogP contribution in [-0.4, -0.2) is 40.2 Å². The first-order valence-electron chi connectivity index (χ1n) is 10.2. The predicted octanol–water partition coefficient (Wildman–Crippen LogP) is 5.52. The van der Waals surface area contributed by atoms with Gasteiger partial charge in [0.1, 0.15) is 18.2 Å². The summed E-state index contributed by atoms with van der Waals surface area (Å²) < 4.78 is 32.7. The van der Waals surface area contributed by atoms with Crippen LogP contribution in [0.3, 0.4) is 0 Å². The Morgan fingerprint density at radius 2 is 1.83 bits per heavy atom. The fraction of sp³-hybridized carbons (Fsp3) is 0.417. The molecule has 0 spiro atoms. The summed E-state index contributed by atoms with van der Waals surface area (Å²) in [4.78, 5) is 2.11. The van der Waals surface area contributed by atoms with Gasteiger partial charge in [-0.05, 0) is 49.1 Å². The molecule has 2 aromatic carbocycles. The molecule has 0 saturated carbocycles. The smallest absolute Gasteiger partial charge is 0.159 e. The highest BCUT2D eigenvalue weighted by atomic mass is 79.9. The Morgan fingerprint density at radius 3 is 2.50 bits per heavy atom. The number of hydrogen-bond acceptors (Lipinski definition) is 4. The zero-order valence-electron chi connectivity index (χ0n) is 17.6. The summed E-state index contributed by atoms with van der Waals surface area (Å²) in [5.41, 5.74) is 4.61. The first kappa shape index (κ1) is 21.3. The molecule has 1 saturated heterocycles. The minimum absolute atomic E-state index is 0.194. The van der Waals surface area contributed by atoms with Gasteiger partial charge in [0.25, 0.3) is 0 Å². The van der Waals surface area contributed by atoms with Gasteiger partial charge in [-0.1, -0.05) is 34.1 Å². The fourth-order valence-electron chi connectivity index (χ4n) is 4.44. The largest absolute Gasteiger partial charge is 0.488 e. The van der Waals surface area contributed by atoms with Crippen molar-refractivity contribution in [1.29, 1.82) is 0 Å². The number of rotatable bonds is 5. The molecule has 2 aliphatic rings. The fourth-order valence-corrected chi connectivity index (χ4v) is 5.00. The molecule has 0 amide bonds. The number of benzene rings is 2. The van der Waals surface area contributed by atoms with E-state index in [-0.39, 0.29) is 12.1 Å². The number of fused-ring (bicyclic) bond motifs is 1. The molecule has 0 N–H and O–H groups in total. The molecule has 0 unspecified atom stereocenters. The van der Waals surface area contributed by atoms with Gasteiger partial charge >= 0.3 is 0 Å². The van der Waals surface area contributed by atoms with Crippen LogP contribution >= 0.6 is 15.9 Å². The van der Waals surface area contributed by atoms with Crippen LogP contribution in [-0.2, 0) is 9.47 Å². The topological polar surface area (TPSA) is 30.9 Å². The molecular weight excluding hydrogens is 449 g/mol. The molecule has 0 aromatic heterocycles. The average Bonchev–Trinajstić information content (AvgIpc) is 2.75. The van der Waals surface area contributed by atoms with Gasteiger partial charge in [0.05, 0.1) is 5.69 Å². The van der Waals surface area contributed by atoms with Crippen molar-refractivity contribution in [1.82, 2.24) is 0 Å². The third-order valence-corrected chi connectivity index (χ3v) is 6.62. The van der Waals surface area contributed by atoms with Gasteiger partial charge < -0.3 is 19.1 Å². The molecule has 2 heterocycles. The highest BCUT2D eigenvalue weighted by Crippen LogP contribution is 2.41. The van der Waals surface area contributed by atoms with Crippen LogP contribution in [0.1, 0.15) is 29.5 Å². The van der Waals surface area contributed by atoms with Crippen molar-refractivity contribution in [2.45, 2.75) is 26.1 Å². The van der Waals surface area contributed by atoms with E-state index >= 15 is 4.39 Å². The Bertz CT molecular complexity index is 949.